The van der Waals surface area contributed by atoms with Crippen molar-refractivity contribution in [1.82, 2.24) is 40.4 Å². The van der Waals surface area contributed by atoms with E-state index in [0.717, 1.165) is 60.4 Å². The normalized spacial score (nSPS) is 11.0. The van der Waals surface area contributed by atoms with Crippen molar-refractivity contribution in [3.63, 3.8) is 0 Å². The Balaban J connectivity index is 0.00000105. The summed E-state index contributed by atoms with van der Waals surface area (Å²) in [6, 6.07) is 12.9. The molecule has 0 saturated heterocycles. The molecule has 4 aromatic rings. The molecule has 5 rings (SSSR count). The van der Waals surface area contributed by atoms with Gasteiger partial charge in [-0.15, -0.1) is 0 Å². The third-order valence-electron chi connectivity index (χ3n) is 8.71. The standard InChI is InChI=1S/C36H46N8O4.2C3H8.C2H4O2/c1-5-16-43(34(45)20-37-3)23-33-39-19-31(42-33)29-15-14-26(27-8-7-9-28(27)29)24-10-12-25(13-11-24)30-18-38-32(41-30)22-44(17-6-2)35(46)21-40-36(47)48-4;2*1-3-2;1-4-2-3/h10-15,18-19,37H,5-9,16-17,20-23H2,1-4H3,(H,38,41)(H,39,42)(H,40,47);2*3H2,1-2H3;2H,1H3. The minimum atomic E-state index is -0.638. The second-order valence-corrected chi connectivity index (χ2v) is 13.8. The molecule has 2 aromatic heterocycles. The zero-order valence-electron chi connectivity index (χ0n) is 36.1. The number of fused-ring (bicyclic) bond motifs is 1. The SMILES string of the molecule is CCC.CCC.CCCN(Cc1ncc(-c2ccc(-c3ccc(-c4cnc(CN(CCC)C(=O)CNC)[nH]4)c4c3CCC4)cc2)[nH]1)C(=O)CNC(=O)OC.COC=O. The molecule has 4 N–H and O–H groups in total. The molecule has 1 aliphatic rings. The summed E-state index contributed by atoms with van der Waals surface area (Å²) in [6.45, 7) is 15.1. The average molecular weight is 803 g/mol. The highest BCUT2D eigenvalue weighted by atomic mass is 16.5. The molecule has 0 unspecified atom stereocenters. The fraction of sp³-hybridized carbons (Fsp3) is 0.500. The monoisotopic (exact) mass is 803 g/mol. The van der Waals surface area contributed by atoms with Crippen molar-refractivity contribution in [3.05, 3.63) is 71.6 Å². The summed E-state index contributed by atoms with van der Waals surface area (Å²) >= 11 is 0. The van der Waals surface area contributed by atoms with Crippen LogP contribution in [0.4, 0.5) is 4.79 Å². The molecule has 58 heavy (non-hydrogen) atoms. The number of nitrogens with one attached hydrogen (secondary N) is 4. The minimum absolute atomic E-state index is 0.0680. The molecular formula is C44H66N8O6. The number of imidazole rings is 2. The van der Waals surface area contributed by atoms with Gasteiger partial charge >= 0.3 is 6.09 Å². The highest BCUT2D eigenvalue weighted by Crippen LogP contribution is 2.38. The van der Waals surface area contributed by atoms with Gasteiger partial charge in [-0.3, -0.25) is 14.4 Å². The summed E-state index contributed by atoms with van der Waals surface area (Å²) in [5.74, 6) is 1.33. The maximum absolute atomic E-state index is 12.7. The number of likely N-dealkylation sites (N-methyl/N-ethyl adjacent to an activating group) is 1. The Morgan fingerprint density at radius 1 is 0.724 bits per heavy atom. The number of aromatic nitrogens is 4. The van der Waals surface area contributed by atoms with E-state index < -0.39 is 6.09 Å². The predicted octanol–water partition coefficient (Wildman–Crippen LogP) is 7.30. The Morgan fingerprint density at radius 3 is 1.69 bits per heavy atom. The smallest absolute Gasteiger partial charge is 0.407 e. The Kier molecular flexibility index (Phi) is 22.8. The minimum Gasteiger partial charge on any atom is -0.471 e. The first-order valence-electron chi connectivity index (χ1n) is 20.4. The van der Waals surface area contributed by atoms with E-state index in [1.807, 2.05) is 18.0 Å². The number of amides is 3. The van der Waals surface area contributed by atoms with Crippen LogP contribution in [-0.4, -0.2) is 102 Å². The Labute approximate surface area is 344 Å². The van der Waals surface area contributed by atoms with Crippen molar-refractivity contribution >= 4 is 24.4 Å². The van der Waals surface area contributed by atoms with Gasteiger partial charge in [-0.25, -0.2) is 14.8 Å². The molecule has 0 spiro atoms. The number of benzene rings is 2. The number of H-pyrrole nitrogens is 2. The molecule has 14 nitrogen and oxygen atoms in total. The zero-order chi connectivity index (χ0) is 42.9. The lowest BCUT2D eigenvalue weighted by molar-refractivity contribution is -0.131. The highest BCUT2D eigenvalue weighted by Gasteiger charge is 2.22. The van der Waals surface area contributed by atoms with Crippen LogP contribution in [0.2, 0.25) is 0 Å². The number of ether oxygens (including phenoxy) is 2. The van der Waals surface area contributed by atoms with Gasteiger partial charge in [-0.2, -0.15) is 0 Å². The number of hydrogen-bond acceptors (Lipinski definition) is 9. The molecule has 2 heterocycles. The van der Waals surface area contributed by atoms with Crippen LogP contribution in [0.25, 0.3) is 33.6 Å². The lowest BCUT2D eigenvalue weighted by Crippen LogP contribution is -2.40. The molecule has 0 saturated carbocycles. The van der Waals surface area contributed by atoms with Crippen LogP contribution in [0.1, 0.15) is 96.4 Å². The largest absolute Gasteiger partial charge is 0.471 e. The topological polar surface area (TPSA) is 175 Å². The van der Waals surface area contributed by atoms with Crippen LogP contribution < -0.4 is 10.6 Å². The zero-order valence-corrected chi connectivity index (χ0v) is 36.1. The molecule has 1 aliphatic carbocycles. The molecular weight excluding hydrogens is 737 g/mol. The van der Waals surface area contributed by atoms with Crippen LogP contribution in [0, 0.1) is 0 Å². The molecule has 3 amide bonds. The van der Waals surface area contributed by atoms with Gasteiger partial charge in [0.25, 0.3) is 6.47 Å². The first kappa shape index (κ1) is 48.6. The van der Waals surface area contributed by atoms with Gasteiger partial charge in [0.1, 0.15) is 18.2 Å². The van der Waals surface area contributed by atoms with Crippen LogP contribution in [0.3, 0.4) is 0 Å². The first-order valence-corrected chi connectivity index (χ1v) is 20.4. The molecule has 0 bridgehead atoms. The van der Waals surface area contributed by atoms with Crippen molar-refractivity contribution in [2.45, 2.75) is 99.6 Å². The summed E-state index contributed by atoms with van der Waals surface area (Å²) in [6.07, 6.45) is 10.4. The van der Waals surface area contributed by atoms with Crippen molar-refractivity contribution in [2.24, 2.45) is 0 Å². The molecule has 14 heteroatoms. The highest BCUT2D eigenvalue weighted by molar-refractivity contribution is 5.82. The van der Waals surface area contributed by atoms with E-state index >= 15 is 0 Å². The van der Waals surface area contributed by atoms with E-state index in [0.29, 0.717) is 45.0 Å². The number of alkyl carbamates (subject to hydrolysis) is 1. The number of methoxy groups -OCH3 is 2. The van der Waals surface area contributed by atoms with E-state index in [9.17, 15) is 14.4 Å². The summed E-state index contributed by atoms with van der Waals surface area (Å²) < 4.78 is 8.43. The van der Waals surface area contributed by atoms with E-state index in [-0.39, 0.29) is 18.4 Å². The third kappa shape index (κ3) is 15.1. The number of carbonyl (C=O) groups excluding carboxylic acids is 4. The van der Waals surface area contributed by atoms with Crippen LogP contribution >= 0.6 is 0 Å². The van der Waals surface area contributed by atoms with E-state index in [4.69, 9.17) is 4.79 Å². The Bertz CT molecular complexity index is 1820. The van der Waals surface area contributed by atoms with Gasteiger partial charge in [0.2, 0.25) is 11.8 Å². The number of rotatable bonds is 16. The van der Waals surface area contributed by atoms with Gasteiger partial charge in [-0.05, 0) is 67.0 Å². The first-order chi connectivity index (χ1) is 28.1. The van der Waals surface area contributed by atoms with Gasteiger partial charge < -0.3 is 39.9 Å². The Morgan fingerprint density at radius 2 is 1.19 bits per heavy atom. The van der Waals surface area contributed by atoms with Crippen molar-refractivity contribution in [1.29, 1.82) is 0 Å². The van der Waals surface area contributed by atoms with Gasteiger partial charge in [0.15, 0.2) is 0 Å². The number of carbonyl (C=O) groups is 4. The molecule has 318 valence electrons. The predicted molar refractivity (Wildman–Crippen MR) is 230 cm³/mol. The quantitative estimate of drug-likeness (QED) is 0.0848. The molecule has 0 aliphatic heterocycles. The maximum atomic E-state index is 12.7. The molecule has 0 radical (unpaired) electrons. The molecule has 0 atom stereocenters. The molecule has 0 fully saturated rings. The second-order valence-electron chi connectivity index (χ2n) is 13.8. The summed E-state index contributed by atoms with van der Waals surface area (Å²) in [5.41, 5.74) is 9.15. The summed E-state index contributed by atoms with van der Waals surface area (Å²) in [7, 11) is 4.36. The van der Waals surface area contributed by atoms with Crippen LogP contribution in [0.5, 0.6) is 0 Å². The average Bonchev–Trinajstić information content (AvgIpc) is 4.02. The fourth-order valence-corrected chi connectivity index (χ4v) is 6.31. The van der Waals surface area contributed by atoms with Crippen LogP contribution in [0.15, 0.2) is 48.8 Å². The number of hydrogen-bond donors (Lipinski definition) is 4. The maximum Gasteiger partial charge on any atom is 0.407 e. The fourth-order valence-electron chi connectivity index (χ4n) is 6.31. The Hall–Kier alpha value is -5.50. The van der Waals surface area contributed by atoms with Crippen molar-refractivity contribution in [3.8, 4) is 33.6 Å². The summed E-state index contributed by atoms with van der Waals surface area (Å²) in [4.78, 5) is 65.1. The number of nitrogens with zero attached hydrogens (tertiary/aromatic N) is 4. The molecule has 2 aromatic carbocycles. The second kappa shape index (κ2) is 27.2. The van der Waals surface area contributed by atoms with Crippen molar-refractivity contribution in [2.75, 3.05) is 47.4 Å². The van der Waals surface area contributed by atoms with Crippen molar-refractivity contribution < 1.29 is 28.7 Å². The van der Waals surface area contributed by atoms with E-state index in [2.05, 4.69) is 111 Å². The van der Waals surface area contributed by atoms with Gasteiger partial charge in [0, 0.05) is 18.7 Å². The van der Waals surface area contributed by atoms with Gasteiger partial charge in [0.05, 0.1) is 57.6 Å². The third-order valence-corrected chi connectivity index (χ3v) is 8.71. The van der Waals surface area contributed by atoms with Crippen LogP contribution in [-0.2, 0) is 49.8 Å². The van der Waals surface area contributed by atoms with E-state index in [1.165, 1.54) is 49.3 Å². The summed E-state index contributed by atoms with van der Waals surface area (Å²) in [5, 5.41) is 5.40. The van der Waals surface area contributed by atoms with E-state index in [1.54, 1.807) is 18.1 Å². The number of aromatic amines is 2. The lowest BCUT2D eigenvalue weighted by Gasteiger charge is -2.21. The van der Waals surface area contributed by atoms with Gasteiger partial charge in [-0.1, -0.05) is 90.8 Å². The lowest BCUT2D eigenvalue weighted by atomic mass is 9.92.